The first-order valence-electron chi connectivity index (χ1n) is 4.06. The van der Waals surface area contributed by atoms with Crippen LogP contribution in [0.3, 0.4) is 0 Å². The molecule has 0 fully saturated rings. The van der Waals surface area contributed by atoms with Gasteiger partial charge in [-0.2, -0.15) is 13.2 Å². The molecule has 0 saturated carbocycles. The molecular weight excluding hydrogens is 322 g/mol. The molecule has 18 heavy (non-hydrogen) atoms. The Morgan fingerprint density at radius 3 is 1.78 bits per heavy atom. The van der Waals surface area contributed by atoms with Gasteiger partial charge in [-0.25, -0.2) is 0 Å². The van der Waals surface area contributed by atoms with E-state index in [2.05, 4.69) is 8.37 Å². The summed E-state index contributed by atoms with van der Waals surface area (Å²) >= 11 is 11.0. The zero-order valence-electron chi connectivity index (χ0n) is 8.01. The van der Waals surface area contributed by atoms with Gasteiger partial charge in [-0.15, -0.1) is 8.42 Å². The molecule has 1 aliphatic rings. The lowest BCUT2D eigenvalue weighted by Gasteiger charge is -2.24. The van der Waals surface area contributed by atoms with Crippen molar-refractivity contribution in [3.05, 3.63) is 15.6 Å². The van der Waals surface area contributed by atoms with Crippen LogP contribution in [0.25, 0.3) is 0 Å². The number of benzene rings is 1. The molecule has 0 spiro atoms. The molecule has 0 aliphatic carbocycles. The Hall–Kier alpha value is -1.06. The van der Waals surface area contributed by atoms with Crippen LogP contribution in [0.4, 0.5) is 18.9 Å². The first-order chi connectivity index (χ1) is 8.04. The lowest BCUT2D eigenvalue weighted by Crippen LogP contribution is -2.26. The molecule has 0 aromatic heterocycles. The molecule has 11 heteroatoms. The summed E-state index contributed by atoms with van der Waals surface area (Å²) in [5, 5.41) is -1.49. The molecule has 5 nitrogen and oxygen atoms in total. The van der Waals surface area contributed by atoms with Gasteiger partial charge in [-0.05, 0) is 0 Å². The van der Waals surface area contributed by atoms with Crippen LogP contribution in [0.1, 0.15) is 5.56 Å². The highest BCUT2D eigenvalue weighted by Gasteiger charge is 2.47. The standard InChI is InChI=1S/C7H2Cl2F3NO4S/c8-2-4(13)3(9)6-1(7(10,11)12)5(2)16-18(14,15)17-6/h13H2. The predicted molar refractivity (Wildman–Crippen MR) is 56.1 cm³/mol. The summed E-state index contributed by atoms with van der Waals surface area (Å²) in [7, 11) is -4.70. The third-order valence-corrected chi connectivity index (χ3v) is 3.47. The molecule has 100 valence electrons. The summed E-state index contributed by atoms with van der Waals surface area (Å²) in [4.78, 5) is 0. The Morgan fingerprint density at radius 2 is 1.44 bits per heavy atom. The quantitative estimate of drug-likeness (QED) is 0.742. The molecule has 1 aromatic rings. The number of nitrogen functional groups attached to an aromatic ring is 1. The van der Waals surface area contributed by atoms with Gasteiger partial charge >= 0.3 is 16.6 Å². The zero-order valence-corrected chi connectivity index (χ0v) is 10.3. The van der Waals surface area contributed by atoms with Gasteiger partial charge in [0.1, 0.15) is 15.6 Å². The second-order valence-corrected chi connectivity index (χ2v) is 5.05. The maximum Gasteiger partial charge on any atom is 0.501 e. The number of nitrogens with two attached hydrogens (primary N) is 1. The summed E-state index contributed by atoms with van der Waals surface area (Å²) < 4.78 is 68.6. The zero-order chi connectivity index (χ0) is 13.9. The number of fused-ring (bicyclic) bond motifs is 2. The van der Waals surface area contributed by atoms with Gasteiger partial charge in [0.2, 0.25) is 0 Å². The van der Waals surface area contributed by atoms with Crippen molar-refractivity contribution in [3.63, 3.8) is 0 Å². The maximum absolute atomic E-state index is 12.8. The van der Waals surface area contributed by atoms with Crippen LogP contribution in [0.2, 0.25) is 10.0 Å². The van der Waals surface area contributed by atoms with Crippen molar-refractivity contribution >= 4 is 39.3 Å². The summed E-state index contributed by atoms with van der Waals surface area (Å²) in [6.07, 6.45) is -4.97. The minimum absolute atomic E-state index is 0.466. The average molecular weight is 324 g/mol. The van der Waals surface area contributed by atoms with Crippen molar-refractivity contribution in [2.75, 3.05) is 5.73 Å². The Bertz CT molecular complexity index is 604. The highest BCUT2D eigenvalue weighted by atomic mass is 35.5. The van der Waals surface area contributed by atoms with Crippen molar-refractivity contribution < 1.29 is 30.0 Å². The smallest absolute Gasteiger partial charge is 0.396 e. The van der Waals surface area contributed by atoms with Crippen LogP contribution < -0.4 is 14.1 Å². The van der Waals surface area contributed by atoms with E-state index in [9.17, 15) is 21.6 Å². The SMILES string of the molecule is Nc1c(Cl)c2c(C(F)(F)F)c(c1Cl)OS(=O)(=O)O2. The van der Waals surface area contributed by atoms with Crippen LogP contribution in [0.15, 0.2) is 0 Å². The Balaban J connectivity index is 2.91. The van der Waals surface area contributed by atoms with E-state index in [0.717, 1.165) is 0 Å². The first kappa shape index (κ1) is 13.4. The van der Waals surface area contributed by atoms with E-state index >= 15 is 0 Å². The number of halogens is 5. The molecular formula is C7H2Cl2F3NO4S. The summed E-state index contributed by atoms with van der Waals surface area (Å²) in [6.45, 7) is 0. The van der Waals surface area contributed by atoms with Gasteiger partial charge in [0.05, 0.1) is 5.69 Å². The van der Waals surface area contributed by atoms with Crippen molar-refractivity contribution in [3.8, 4) is 11.5 Å². The van der Waals surface area contributed by atoms with Crippen LogP contribution in [0, 0.1) is 0 Å². The van der Waals surface area contributed by atoms with Crippen LogP contribution >= 0.6 is 23.2 Å². The average Bonchev–Trinajstić information content (AvgIpc) is 2.20. The molecule has 0 saturated heterocycles. The number of rotatable bonds is 0. The topological polar surface area (TPSA) is 78.6 Å². The molecule has 1 aromatic carbocycles. The Morgan fingerprint density at radius 1 is 1.06 bits per heavy atom. The van der Waals surface area contributed by atoms with Gasteiger partial charge in [0.25, 0.3) is 0 Å². The molecule has 0 amide bonds. The highest BCUT2D eigenvalue weighted by molar-refractivity contribution is 7.82. The van der Waals surface area contributed by atoms with Crippen molar-refractivity contribution in [1.29, 1.82) is 0 Å². The van der Waals surface area contributed by atoms with E-state index in [0.29, 0.717) is 0 Å². The molecule has 2 rings (SSSR count). The normalized spacial score (nSPS) is 16.9. The number of hydrogen-bond donors (Lipinski definition) is 1. The van der Waals surface area contributed by atoms with Gasteiger partial charge in [0.15, 0.2) is 11.5 Å². The van der Waals surface area contributed by atoms with Gasteiger partial charge < -0.3 is 14.1 Å². The molecule has 1 heterocycles. The van der Waals surface area contributed by atoms with E-state index in [1.54, 1.807) is 0 Å². The Labute approximate surface area is 109 Å². The van der Waals surface area contributed by atoms with E-state index in [1.807, 2.05) is 0 Å². The van der Waals surface area contributed by atoms with E-state index in [1.165, 1.54) is 0 Å². The van der Waals surface area contributed by atoms with Crippen molar-refractivity contribution in [1.82, 2.24) is 0 Å². The molecule has 0 radical (unpaired) electrons. The van der Waals surface area contributed by atoms with Gasteiger partial charge in [-0.3, -0.25) is 0 Å². The van der Waals surface area contributed by atoms with Crippen molar-refractivity contribution in [2.45, 2.75) is 6.18 Å². The first-order valence-corrected chi connectivity index (χ1v) is 6.15. The predicted octanol–water partition coefficient (Wildman–Crippen LogP) is 2.61. The summed E-state index contributed by atoms with van der Waals surface area (Å²) in [5.41, 5.74) is 3.31. The summed E-state index contributed by atoms with van der Waals surface area (Å²) in [5.74, 6) is -2.29. The molecule has 0 unspecified atom stereocenters. The highest BCUT2D eigenvalue weighted by Crippen LogP contribution is 2.55. The van der Waals surface area contributed by atoms with Gasteiger partial charge in [0, 0.05) is 0 Å². The Kier molecular flexibility index (Phi) is 2.76. The van der Waals surface area contributed by atoms with Crippen LogP contribution in [0.5, 0.6) is 11.5 Å². The number of anilines is 1. The second-order valence-electron chi connectivity index (χ2n) is 3.15. The number of hydrogen-bond acceptors (Lipinski definition) is 5. The molecule has 2 N–H and O–H groups in total. The fourth-order valence-corrected chi connectivity index (χ4v) is 2.67. The van der Waals surface area contributed by atoms with Crippen molar-refractivity contribution in [2.24, 2.45) is 0 Å². The summed E-state index contributed by atoms with van der Waals surface area (Å²) in [6, 6.07) is 0. The van der Waals surface area contributed by atoms with Gasteiger partial charge in [-0.1, -0.05) is 23.2 Å². The molecule has 0 atom stereocenters. The largest absolute Gasteiger partial charge is 0.501 e. The maximum atomic E-state index is 12.8. The van der Waals surface area contributed by atoms with E-state index in [-0.39, 0.29) is 0 Å². The lowest BCUT2D eigenvalue weighted by molar-refractivity contribution is -0.139. The third kappa shape index (κ3) is 1.91. The lowest BCUT2D eigenvalue weighted by atomic mass is 10.1. The van der Waals surface area contributed by atoms with E-state index < -0.39 is 49.4 Å². The third-order valence-electron chi connectivity index (χ3n) is 1.98. The fourth-order valence-electron chi connectivity index (χ4n) is 1.30. The monoisotopic (exact) mass is 323 g/mol. The minimum Gasteiger partial charge on any atom is -0.396 e. The molecule has 1 aliphatic heterocycles. The molecule has 2 bridgehead atoms. The number of alkyl halides is 3. The van der Waals surface area contributed by atoms with Crippen LogP contribution in [-0.4, -0.2) is 8.42 Å². The van der Waals surface area contributed by atoms with Crippen LogP contribution in [-0.2, 0) is 16.6 Å². The minimum atomic E-state index is -4.97. The second kappa shape index (κ2) is 3.72. The van der Waals surface area contributed by atoms with E-state index in [4.69, 9.17) is 28.9 Å². The fraction of sp³-hybridized carbons (Fsp3) is 0.143.